The van der Waals surface area contributed by atoms with Gasteiger partial charge >= 0.3 is 5.97 Å². The number of benzene rings is 1. The standard InChI is InChI=1S/C30H45NO5SSi/c1-8-9-10-11-27(36-38(6,7)30(2,3)4)22-12-14-24(15-13-22)31-25(16-17-28(31)32)19-35-20-26-18-23(21-37-26)29(33)34-5/h12-15,18,21,25,27H,8-11,16-17,19-20H2,1-7H3/t25-,27?/m1/s1. The Kier molecular flexibility index (Phi) is 10.7. The molecule has 2 heterocycles. The van der Waals surface area contributed by atoms with Crippen LogP contribution in [0.1, 0.15) is 93.1 Å². The zero-order valence-corrected chi connectivity index (χ0v) is 26.0. The van der Waals surface area contributed by atoms with Crippen molar-refractivity contribution < 1.29 is 23.5 Å². The number of hydrogen-bond acceptors (Lipinski definition) is 6. The van der Waals surface area contributed by atoms with Crippen LogP contribution in [0.4, 0.5) is 5.69 Å². The van der Waals surface area contributed by atoms with Crippen LogP contribution in [0.15, 0.2) is 35.7 Å². The fourth-order valence-corrected chi connectivity index (χ4v) is 6.60. The van der Waals surface area contributed by atoms with Gasteiger partial charge in [0.15, 0.2) is 8.32 Å². The van der Waals surface area contributed by atoms with Crippen LogP contribution in [-0.2, 0) is 25.3 Å². The van der Waals surface area contributed by atoms with Crippen molar-refractivity contribution in [1.29, 1.82) is 0 Å². The number of carbonyl (C=O) groups is 2. The van der Waals surface area contributed by atoms with E-state index in [0.29, 0.717) is 25.2 Å². The highest BCUT2D eigenvalue weighted by molar-refractivity contribution is 7.10. The Morgan fingerprint density at radius 2 is 1.89 bits per heavy atom. The third-order valence-electron chi connectivity index (χ3n) is 7.81. The smallest absolute Gasteiger partial charge is 0.338 e. The number of thiophene rings is 1. The maximum atomic E-state index is 12.8. The molecule has 0 aliphatic carbocycles. The van der Waals surface area contributed by atoms with E-state index in [1.165, 1.54) is 36.9 Å². The van der Waals surface area contributed by atoms with Crippen LogP contribution in [0.5, 0.6) is 0 Å². The van der Waals surface area contributed by atoms with Crippen LogP contribution in [0, 0.1) is 0 Å². The van der Waals surface area contributed by atoms with E-state index >= 15 is 0 Å². The molecule has 1 amide bonds. The number of rotatable bonds is 13. The summed E-state index contributed by atoms with van der Waals surface area (Å²) in [4.78, 5) is 27.4. The number of methoxy groups -OCH3 is 1. The van der Waals surface area contributed by atoms with E-state index in [9.17, 15) is 9.59 Å². The summed E-state index contributed by atoms with van der Waals surface area (Å²) in [5.74, 6) is -0.210. The second kappa shape index (κ2) is 13.4. The number of unbranched alkanes of at least 4 members (excludes halogenated alkanes) is 2. The van der Waals surface area contributed by atoms with Gasteiger partial charge in [-0.15, -0.1) is 11.3 Å². The van der Waals surface area contributed by atoms with E-state index in [1.54, 1.807) is 11.4 Å². The van der Waals surface area contributed by atoms with E-state index in [1.807, 2.05) is 4.90 Å². The Morgan fingerprint density at radius 1 is 1.18 bits per heavy atom. The van der Waals surface area contributed by atoms with Crippen molar-refractivity contribution in [2.24, 2.45) is 0 Å². The zero-order valence-electron chi connectivity index (χ0n) is 24.2. The van der Waals surface area contributed by atoms with Crippen molar-refractivity contribution in [3.8, 4) is 0 Å². The molecule has 0 saturated carbocycles. The summed E-state index contributed by atoms with van der Waals surface area (Å²) < 4.78 is 17.6. The maximum absolute atomic E-state index is 12.8. The first-order chi connectivity index (χ1) is 18.0. The molecular weight excluding hydrogens is 514 g/mol. The molecule has 1 fully saturated rings. The van der Waals surface area contributed by atoms with Gasteiger partial charge in [0.1, 0.15) is 0 Å². The molecule has 3 rings (SSSR count). The van der Waals surface area contributed by atoms with Gasteiger partial charge in [-0.05, 0) is 54.7 Å². The van der Waals surface area contributed by atoms with E-state index in [4.69, 9.17) is 13.9 Å². The molecule has 6 nitrogen and oxygen atoms in total. The van der Waals surface area contributed by atoms with E-state index in [0.717, 1.165) is 29.8 Å². The fourth-order valence-electron chi connectivity index (χ4n) is 4.49. The van der Waals surface area contributed by atoms with Gasteiger partial charge in [-0.3, -0.25) is 4.79 Å². The maximum Gasteiger partial charge on any atom is 0.338 e. The summed E-state index contributed by atoms with van der Waals surface area (Å²) in [5, 5.41) is 1.93. The quantitative estimate of drug-likeness (QED) is 0.142. The van der Waals surface area contributed by atoms with Gasteiger partial charge in [-0.2, -0.15) is 0 Å². The lowest BCUT2D eigenvalue weighted by molar-refractivity contribution is -0.117. The predicted octanol–water partition coefficient (Wildman–Crippen LogP) is 7.89. The second-order valence-corrected chi connectivity index (χ2v) is 17.5. The molecular formula is C30H45NO5SSi. The topological polar surface area (TPSA) is 65.1 Å². The summed E-state index contributed by atoms with van der Waals surface area (Å²) in [7, 11) is -0.551. The van der Waals surface area contributed by atoms with Crippen LogP contribution >= 0.6 is 11.3 Å². The predicted molar refractivity (Wildman–Crippen MR) is 157 cm³/mol. The van der Waals surface area contributed by atoms with Gasteiger partial charge in [0.25, 0.3) is 0 Å². The molecule has 0 spiro atoms. The normalized spacial score (nSPS) is 17.2. The first-order valence-corrected chi connectivity index (χ1v) is 17.6. The van der Waals surface area contributed by atoms with E-state index in [2.05, 4.69) is 65.1 Å². The minimum Gasteiger partial charge on any atom is -0.465 e. The summed E-state index contributed by atoms with van der Waals surface area (Å²) >= 11 is 1.47. The van der Waals surface area contributed by atoms with E-state index in [-0.39, 0.29) is 29.1 Å². The van der Waals surface area contributed by atoms with Crippen LogP contribution < -0.4 is 4.90 Å². The Balaban J connectivity index is 1.67. The molecule has 0 radical (unpaired) electrons. The molecule has 0 bridgehead atoms. The highest BCUT2D eigenvalue weighted by Gasteiger charge is 2.39. The number of carbonyl (C=O) groups excluding carboxylic acids is 2. The van der Waals surface area contributed by atoms with Crippen LogP contribution in [0.3, 0.4) is 0 Å². The summed E-state index contributed by atoms with van der Waals surface area (Å²) in [6, 6.07) is 10.2. The average Bonchev–Trinajstić information content (AvgIpc) is 3.49. The van der Waals surface area contributed by atoms with Crippen LogP contribution in [-0.4, -0.2) is 40.0 Å². The highest BCUT2D eigenvalue weighted by atomic mass is 32.1. The number of nitrogens with zero attached hydrogens (tertiary/aromatic N) is 1. The number of ether oxygens (including phenoxy) is 2. The first kappa shape index (κ1) is 30.5. The molecule has 1 aromatic carbocycles. The summed E-state index contributed by atoms with van der Waals surface area (Å²) in [5.41, 5.74) is 2.64. The highest BCUT2D eigenvalue weighted by Crippen LogP contribution is 2.41. The van der Waals surface area contributed by atoms with Crippen molar-refractivity contribution in [1.82, 2.24) is 0 Å². The lowest BCUT2D eigenvalue weighted by atomic mass is 10.0. The van der Waals surface area contributed by atoms with Crippen LogP contribution in [0.2, 0.25) is 18.1 Å². The number of hydrogen-bond donors (Lipinski definition) is 0. The van der Waals surface area contributed by atoms with Crippen molar-refractivity contribution >= 4 is 37.2 Å². The zero-order chi connectivity index (χ0) is 27.9. The Labute approximate surface area is 233 Å². The first-order valence-electron chi connectivity index (χ1n) is 13.8. The average molecular weight is 560 g/mol. The summed E-state index contributed by atoms with van der Waals surface area (Å²) in [6.45, 7) is 14.6. The number of anilines is 1. The molecule has 210 valence electrons. The van der Waals surface area contributed by atoms with Crippen molar-refractivity contribution in [3.63, 3.8) is 0 Å². The summed E-state index contributed by atoms with van der Waals surface area (Å²) in [6.07, 6.45) is 5.92. The Bertz CT molecular complexity index is 1060. The molecule has 0 N–H and O–H groups in total. The Hall–Kier alpha value is -2.00. The lowest BCUT2D eigenvalue weighted by Gasteiger charge is -2.39. The molecule has 1 aromatic heterocycles. The van der Waals surface area contributed by atoms with Crippen LogP contribution in [0.25, 0.3) is 0 Å². The van der Waals surface area contributed by atoms with Gasteiger partial charge < -0.3 is 18.8 Å². The largest absolute Gasteiger partial charge is 0.465 e. The lowest BCUT2D eigenvalue weighted by Crippen LogP contribution is -2.41. The van der Waals surface area contributed by atoms with Crippen molar-refractivity contribution in [3.05, 3.63) is 51.7 Å². The fraction of sp³-hybridized carbons (Fsp3) is 0.600. The monoisotopic (exact) mass is 559 g/mol. The molecule has 1 saturated heterocycles. The van der Waals surface area contributed by atoms with Gasteiger partial charge in [0.05, 0.1) is 38.0 Å². The van der Waals surface area contributed by atoms with Gasteiger partial charge in [-0.1, -0.05) is 59.1 Å². The molecule has 1 aliphatic rings. The molecule has 1 aliphatic heterocycles. The molecule has 2 aromatic rings. The minimum absolute atomic E-state index is 0.00257. The number of esters is 1. The molecule has 38 heavy (non-hydrogen) atoms. The SMILES string of the molecule is CCCCCC(O[Si](C)(C)C(C)(C)C)c1ccc(N2C(=O)CC[C@@H]2COCc2cc(C(=O)OC)cs2)cc1. The van der Waals surface area contributed by atoms with Gasteiger partial charge in [0.2, 0.25) is 5.91 Å². The molecule has 2 atom stereocenters. The van der Waals surface area contributed by atoms with Gasteiger partial charge in [-0.25, -0.2) is 4.79 Å². The minimum atomic E-state index is -1.93. The Morgan fingerprint density at radius 3 is 2.53 bits per heavy atom. The van der Waals surface area contributed by atoms with Crippen molar-refractivity contribution in [2.45, 2.75) is 103 Å². The third kappa shape index (κ3) is 7.78. The second-order valence-electron chi connectivity index (χ2n) is 11.7. The van der Waals surface area contributed by atoms with E-state index < -0.39 is 8.32 Å². The third-order valence-corrected chi connectivity index (χ3v) is 13.2. The molecule has 1 unspecified atom stereocenters. The molecule has 8 heteroatoms. The van der Waals surface area contributed by atoms with Gasteiger partial charge in [0, 0.05) is 22.4 Å². The number of amides is 1. The van der Waals surface area contributed by atoms with Crippen molar-refractivity contribution in [2.75, 3.05) is 18.6 Å².